The zero-order valence-electron chi connectivity index (χ0n) is 21.4. The summed E-state index contributed by atoms with van der Waals surface area (Å²) in [5, 5.41) is 2.86. The van der Waals surface area contributed by atoms with Gasteiger partial charge in [-0.05, 0) is 51.3 Å². The molecule has 2 aromatic carbocycles. The topological polar surface area (TPSA) is 86.8 Å². The molecule has 0 saturated heterocycles. The number of hydrogen-bond donors (Lipinski definition) is 1. The van der Waals surface area contributed by atoms with Crippen LogP contribution < -0.4 is 9.62 Å². The predicted octanol–water partition coefficient (Wildman–Crippen LogP) is 4.15. The van der Waals surface area contributed by atoms with E-state index in [-0.39, 0.29) is 49.5 Å². The van der Waals surface area contributed by atoms with E-state index in [4.69, 9.17) is 0 Å². The minimum Gasteiger partial charge on any atom is -0.352 e. The highest BCUT2D eigenvalue weighted by Crippen LogP contribution is 2.22. The number of hydrogen-bond acceptors (Lipinski definition) is 4. The number of nitrogens with zero attached hydrogens (tertiary/aromatic N) is 2. The van der Waals surface area contributed by atoms with Gasteiger partial charge in [0.1, 0.15) is 6.04 Å². The van der Waals surface area contributed by atoms with Gasteiger partial charge in [-0.15, -0.1) is 0 Å². The van der Waals surface area contributed by atoms with Gasteiger partial charge >= 0.3 is 0 Å². The highest BCUT2D eigenvalue weighted by Gasteiger charge is 2.29. The van der Waals surface area contributed by atoms with Crippen LogP contribution in [0, 0.1) is 18.6 Å². The fourth-order valence-electron chi connectivity index (χ4n) is 3.83. The lowest BCUT2D eigenvalue weighted by molar-refractivity contribution is -0.141. The third-order valence-electron chi connectivity index (χ3n) is 5.63. The molecule has 7 nitrogen and oxygen atoms in total. The molecule has 0 aromatic heterocycles. The fraction of sp³-hybridized carbons (Fsp3) is 0.462. The van der Waals surface area contributed by atoms with Crippen LogP contribution in [-0.4, -0.2) is 50.0 Å². The quantitative estimate of drug-likeness (QED) is 0.453. The van der Waals surface area contributed by atoms with Crippen molar-refractivity contribution in [3.05, 3.63) is 65.2 Å². The molecule has 1 atom stereocenters. The van der Waals surface area contributed by atoms with E-state index in [0.717, 1.165) is 33.8 Å². The van der Waals surface area contributed by atoms with E-state index < -0.39 is 27.7 Å². The summed E-state index contributed by atoms with van der Waals surface area (Å²) in [6.07, 6.45) is 1.45. The van der Waals surface area contributed by atoms with Crippen LogP contribution in [0.4, 0.5) is 14.5 Å². The number of amides is 2. The van der Waals surface area contributed by atoms with Gasteiger partial charge in [-0.25, -0.2) is 17.2 Å². The number of anilines is 1. The molecule has 0 fully saturated rings. The average Bonchev–Trinajstić information content (AvgIpc) is 2.78. The summed E-state index contributed by atoms with van der Waals surface area (Å²) >= 11 is 0. The lowest BCUT2D eigenvalue weighted by Crippen LogP contribution is -2.50. The maximum atomic E-state index is 13.7. The number of halogens is 2. The van der Waals surface area contributed by atoms with Crippen LogP contribution in [-0.2, 0) is 26.2 Å². The molecule has 0 unspecified atom stereocenters. The predicted molar refractivity (Wildman–Crippen MR) is 137 cm³/mol. The highest BCUT2D eigenvalue weighted by atomic mass is 32.2. The largest absolute Gasteiger partial charge is 0.352 e. The van der Waals surface area contributed by atoms with E-state index in [9.17, 15) is 26.8 Å². The van der Waals surface area contributed by atoms with E-state index in [1.807, 2.05) is 52.0 Å². The Balaban J connectivity index is 2.22. The number of nitrogens with one attached hydrogen (secondary N) is 1. The Morgan fingerprint density at radius 3 is 2.19 bits per heavy atom. The van der Waals surface area contributed by atoms with Gasteiger partial charge in [0.2, 0.25) is 21.8 Å². The average molecular weight is 524 g/mol. The van der Waals surface area contributed by atoms with Gasteiger partial charge in [0.15, 0.2) is 11.6 Å². The smallest absolute Gasteiger partial charge is 0.243 e. The molecule has 0 aliphatic rings. The van der Waals surface area contributed by atoms with Crippen molar-refractivity contribution in [1.82, 2.24) is 10.2 Å². The van der Waals surface area contributed by atoms with Crippen molar-refractivity contribution < 1.29 is 26.8 Å². The summed E-state index contributed by atoms with van der Waals surface area (Å²) in [6, 6.07) is 9.71. The highest BCUT2D eigenvalue weighted by molar-refractivity contribution is 7.92. The number of aryl methyl sites for hydroxylation is 1. The molecular weight excluding hydrogens is 488 g/mol. The Hall–Kier alpha value is -3.01. The number of carbonyl (C=O) groups is 2. The molecule has 0 aliphatic heterocycles. The Kier molecular flexibility index (Phi) is 10.4. The van der Waals surface area contributed by atoms with Crippen molar-refractivity contribution in [1.29, 1.82) is 0 Å². The summed E-state index contributed by atoms with van der Waals surface area (Å²) in [4.78, 5) is 27.7. The number of carbonyl (C=O) groups excluding carboxylic acids is 2. The molecule has 2 rings (SSSR count). The fourth-order valence-corrected chi connectivity index (χ4v) is 4.79. The first-order valence-electron chi connectivity index (χ1n) is 11.9. The molecule has 2 amide bonds. The van der Waals surface area contributed by atoms with Crippen molar-refractivity contribution in [2.45, 2.75) is 65.6 Å². The molecule has 0 bridgehead atoms. The first kappa shape index (κ1) is 29.2. The van der Waals surface area contributed by atoms with Crippen molar-refractivity contribution >= 4 is 27.5 Å². The summed E-state index contributed by atoms with van der Waals surface area (Å²) < 4.78 is 52.6. The molecule has 0 aliphatic carbocycles. The van der Waals surface area contributed by atoms with Gasteiger partial charge in [-0.2, -0.15) is 0 Å². The van der Waals surface area contributed by atoms with Crippen LogP contribution in [0.3, 0.4) is 0 Å². The minimum absolute atomic E-state index is 0.0249. The van der Waals surface area contributed by atoms with Crippen molar-refractivity contribution in [3.63, 3.8) is 0 Å². The normalized spacial score (nSPS) is 12.3. The van der Waals surface area contributed by atoms with Crippen molar-refractivity contribution in [3.8, 4) is 0 Å². The SMILES string of the molecule is CC[C@@H](C(=O)NC(C)C)N(Cc1ccc(C)cc1)C(=O)CCCN(c1ccc(F)c(F)c1)S(C)(=O)=O. The van der Waals surface area contributed by atoms with Gasteiger partial charge in [-0.1, -0.05) is 36.8 Å². The van der Waals surface area contributed by atoms with Gasteiger partial charge in [-0.3, -0.25) is 13.9 Å². The van der Waals surface area contributed by atoms with Crippen molar-refractivity contribution in [2.75, 3.05) is 17.1 Å². The first-order valence-corrected chi connectivity index (χ1v) is 13.8. The maximum Gasteiger partial charge on any atom is 0.243 e. The van der Waals surface area contributed by atoms with Gasteiger partial charge in [0.25, 0.3) is 0 Å². The zero-order valence-corrected chi connectivity index (χ0v) is 22.2. The summed E-state index contributed by atoms with van der Waals surface area (Å²) in [7, 11) is -3.81. The molecular formula is C26H35F2N3O4S. The van der Waals surface area contributed by atoms with Crippen LogP contribution in [0.5, 0.6) is 0 Å². The number of rotatable bonds is 12. The summed E-state index contributed by atoms with van der Waals surface area (Å²) in [6.45, 7) is 7.58. The Morgan fingerprint density at radius 1 is 1.03 bits per heavy atom. The van der Waals surface area contributed by atoms with Gasteiger partial charge in [0.05, 0.1) is 11.9 Å². The molecule has 10 heteroatoms. The summed E-state index contributed by atoms with van der Waals surface area (Å²) in [5.41, 5.74) is 1.91. The second kappa shape index (κ2) is 12.8. The molecule has 198 valence electrons. The monoisotopic (exact) mass is 523 g/mol. The second-order valence-electron chi connectivity index (χ2n) is 9.13. The van der Waals surface area contributed by atoms with Crippen LogP contribution in [0.25, 0.3) is 0 Å². The zero-order chi connectivity index (χ0) is 27.0. The van der Waals surface area contributed by atoms with E-state index in [1.54, 1.807) is 0 Å². The van der Waals surface area contributed by atoms with Crippen molar-refractivity contribution in [2.24, 2.45) is 0 Å². The minimum atomic E-state index is -3.81. The lowest BCUT2D eigenvalue weighted by atomic mass is 10.1. The Morgan fingerprint density at radius 2 is 1.67 bits per heavy atom. The standard InChI is InChI=1S/C26H35F2N3O4S/c1-6-24(26(33)29-18(2)3)30(17-20-11-9-19(4)10-12-20)25(32)8-7-15-31(36(5,34)35)21-13-14-22(27)23(28)16-21/h9-14,16,18,24H,6-8,15,17H2,1-5H3,(H,29,33)/t24-/m0/s1. The molecule has 0 spiro atoms. The molecule has 0 radical (unpaired) electrons. The molecule has 2 aromatic rings. The van der Waals surface area contributed by atoms with Crippen LogP contribution >= 0.6 is 0 Å². The third-order valence-corrected chi connectivity index (χ3v) is 6.83. The van der Waals surface area contributed by atoms with Gasteiger partial charge in [0, 0.05) is 31.6 Å². The van der Waals surface area contributed by atoms with Crippen LogP contribution in [0.2, 0.25) is 0 Å². The van der Waals surface area contributed by atoms with Crippen LogP contribution in [0.15, 0.2) is 42.5 Å². The first-order chi connectivity index (χ1) is 16.8. The van der Waals surface area contributed by atoms with Crippen LogP contribution in [0.1, 0.15) is 51.2 Å². The second-order valence-corrected chi connectivity index (χ2v) is 11.0. The van der Waals surface area contributed by atoms with E-state index in [0.29, 0.717) is 6.42 Å². The molecule has 36 heavy (non-hydrogen) atoms. The number of sulfonamides is 1. The summed E-state index contributed by atoms with van der Waals surface area (Å²) in [5.74, 6) is -2.81. The number of benzene rings is 2. The molecule has 1 N–H and O–H groups in total. The Bertz CT molecular complexity index is 1150. The van der Waals surface area contributed by atoms with E-state index >= 15 is 0 Å². The Labute approximate surface area is 212 Å². The third kappa shape index (κ3) is 8.29. The molecule has 0 saturated carbocycles. The molecule has 0 heterocycles. The lowest BCUT2D eigenvalue weighted by Gasteiger charge is -2.31. The maximum absolute atomic E-state index is 13.7. The van der Waals surface area contributed by atoms with Gasteiger partial charge < -0.3 is 10.2 Å². The van der Waals surface area contributed by atoms with E-state index in [1.165, 1.54) is 11.0 Å². The van der Waals surface area contributed by atoms with E-state index in [2.05, 4.69) is 5.32 Å².